The van der Waals surface area contributed by atoms with Crippen molar-refractivity contribution in [3.05, 3.63) is 23.8 Å². The zero-order chi connectivity index (χ0) is 18.9. The summed E-state index contributed by atoms with van der Waals surface area (Å²) < 4.78 is 0. The number of ketones is 2. The lowest BCUT2D eigenvalue weighted by atomic mass is 9.47. The molecule has 0 radical (unpaired) electrons. The molecule has 0 aromatic rings. The molecule has 7 atom stereocenters. The Hall–Kier alpha value is -1.26. The lowest BCUT2D eigenvalue weighted by Crippen LogP contribution is -2.59. The van der Waals surface area contributed by atoms with Crippen molar-refractivity contribution in [1.82, 2.24) is 0 Å². The molecular formula is C22H30O4. The van der Waals surface area contributed by atoms with E-state index in [1.54, 1.807) is 6.08 Å². The Morgan fingerprint density at radius 3 is 2.69 bits per heavy atom. The third-order valence-electron chi connectivity index (χ3n) is 8.71. The number of hydrogen-bond donors (Lipinski definition) is 2. The second-order valence-corrected chi connectivity index (χ2v) is 9.54. The zero-order valence-electron chi connectivity index (χ0n) is 16.0. The lowest BCUT2D eigenvalue weighted by Gasteiger charge is -2.58. The van der Waals surface area contributed by atoms with Gasteiger partial charge in [0.05, 0.1) is 0 Å². The van der Waals surface area contributed by atoms with Gasteiger partial charge in [-0.1, -0.05) is 32.4 Å². The van der Waals surface area contributed by atoms with E-state index in [9.17, 15) is 19.8 Å². The zero-order valence-corrected chi connectivity index (χ0v) is 16.0. The molecule has 4 heteroatoms. The van der Waals surface area contributed by atoms with E-state index in [-0.39, 0.29) is 23.0 Å². The summed E-state index contributed by atoms with van der Waals surface area (Å²) in [6.07, 6.45) is 10.1. The van der Waals surface area contributed by atoms with Crippen molar-refractivity contribution < 1.29 is 19.8 Å². The summed E-state index contributed by atoms with van der Waals surface area (Å²) in [7, 11) is 0. The van der Waals surface area contributed by atoms with Gasteiger partial charge in [-0.15, -0.1) is 0 Å². The van der Waals surface area contributed by atoms with Gasteiger partial charge in [0, 0.05) is 10.8 Å². The molecular weight excluding hydrogens is 328 g/mol. The van der Waals surface area contributed by atoms with Crippen LogP contribution in [0.1, 0.15) is 52.9 Å². The predicted molar refractivity (Wildman–Crippen MR) is 98.2 cm³/mol. The van der Waals surface area contributed by atoms with E-state index in [0.717, 1.165) is 32.1 Å². The van der Waals surface area contributed by atoms with Crippen LogP contribution in [-0.4, -0.2) is 34.0 Å². The van der Waals surface area contributed by atoms with E-state index < -0.39 is 23.4 Å². The molecule has 4 nitrogen and oxygen atoms in total. The van der Waals surface area contributed by atoms with Crippen LogP contribution in [0.3, 0.4) is 0 Å². The number of rotatable bonds is 2. The number of carbonyl (C=O) groups is 2. The molecule has 0 saturated heterocycles. The van der Waals surface area contributed by atoms with Gasteiger partial charge in [-0.25, -0.2) is 0 Å². The Morgan fingerprint density at radius 1 is 1.27 bits per heavy atom. The highest BCUT2D eigenvalue weighted by atomic mass is 16.3. The van der Waals surface area contributed by atoms with Crippen LogP contribution in [0.25, 0.3) is 0 Å². The smallest absolute Gasteiger partial charge is 0.190 e. The molecule has 26 heavy (non-hydrogen) atoms. The van der Waals surface area contributed by atoms with E-state index in [4.69, 9.17) is 0 Å². The molecule has 0 aromatic heterocycles. The number of aliphatic hydroxyl groups is 2. The molecule has 4 rings (SSSR count). The fraction of sp³-hybridized carbons (Fsp3) is 0.727. The second kappa shape index (κ2) is 5.62. The highest BCUT2D eigenvalue weighted by molar-refractivity contribution is 6.01. The number of allylic oxidation sites excluding steroid dienone is 4. The topological polar surface area (TPSA) is 74.6 Å². The van der Waals surface area contributed by atoms with E-state index in [0.29, 0.717) is 11.8 Å². The number of aliphatic hydroxyl groups excluding tert-OH is 1. The Labute approximate surface area is 155 Å². The standard InChI is InChI=1S/C22H30O4/c1-13-10-18-16-5-4-14-11-15(24)6-8-20(14,2)17(16)7-9-21(18,3)22(13,26)19(25)12-23/h6,8,11,13,16-18,23,26H,4-5,7,9-10,12H2,1-3H3/t13-,16-,17+,18+,20+,21+,22+/m1/s1. The van der Waals surface area contributed by atoms with Gasteiger partial charge in [0.25, 0.3) is 0 Å². The number of Topliss-reactive ketones (excluding diaryl/α,β-unsaturated/α-hetero) is 1. The quantitative estimate of drug-likeness (QED) is 0.796. The first-order valence-electron chi connectivity index (χ1n) is 9.99. The molecule has 3 fully saturated rings. The number of hydrogen-bond acceptors (Lipinski definition) is 4. The van der Waals surface area contributed by atoms with E-state index in [2.05, 4.69) is 19.9 Å². The summed E-state index contributed by atoms with van der Waals surface area (Å²) >= 11 is 0. The normalized spacial score (nSPS) is 49.9. The molecule has 4 aliphatic carbocycles. The fourth-order valence-electron chi connectivity index (χ4n) is 7.25. The van der Waals surface area contributed by atoms with Crippen LogP contribution in [0.5, 0.6) is 0 Å². The summed E-state index contributed by atoms with van der Waals surface area (Å²) in [6.45, 7) is 5.69. The summed E-state index contributed by atoms with van der Waals surface area (Å²) in [6, 6.07) is 0. The van der Waals surface area contributed by atoms with Crippen molar-refractivity contribution in [3.63, 3.8) is 0 Å². The molecule has 0 amide bonds. The predicted octanol–water partition coefficient (Wildman–Crippen LogP) is 2.83. The molecule has 2 N–H and O–H groups in total. The molecule has 0 spiro atoms. The minimum Gasteiger partial charge on any atom is -0.388 e. The van der Waals surface area contributed by atoms with E-state index >= 15 is 0 Å². The van der Waals surface area contributed by atoms with Gasteiger partial charge >= 0.3 is 0 Å². The molecule has 0 aromatic carbocycles. The Bertz CT molecular complexity index is 722. The molecule has 0 bridgehead atoms. The van der Waals surface area contributed by atoms with Crippen molar-refractivity contribution >= 4 is 11.6 Å². The second-order valence-electron chi connectivity index (χ2n) is 9.54. The number of fused-ring (bicyclic) bond motifs is 5. The van der Waals surface area contributed by atoms with Crippen molar-refractivity contribution in [2.45, 2.75) is 58.5 Å². The van der Waals surface area contributed by atoms with Crippen molar-refractivity contribution in [3.8, 4) is 0 Å². The van der Waals surface area contributed by atoms with Crippen LogP contribution in [0.15, 0.2) is 23.8 Å². The maximum absolute atomic E-state index is 12.5. The number of carbonyl (C=O) groups excluding carboxylic acids is 2. The van der Waals surface area contributed by atoms with Gasteiger partial charge in [-0.2, -0.15) is 0 Å². The first-order valence-corrected chi connectivity index (χ1v) is 9.99. The SMILES string of the molecule is C[C@@H]1C[C@H]2[C@@H]3CCC4=CC(=O)C=C[C@]4(C)[C@H]3CC[C@]2(C)[C@@]1(O)C(=O)CO. The molecule has 142 valence electrons. The molecule has 3 saturated carbocycles. The lowest BCUT2D eigenvalue weighted by molar-refractivity contribution is -0.169. The van der Waals surface area contributed by atoms with Gasteiger partial charge in [0.2, 0.25) is 0 Å². The van der Waals surface area contributed by atoms with Gasteiger partial charge in [0.1, 0.15) is 12.2 Å². The monoisotopic (exact) mass is 358 g/mol. The first kappa shape index (κ1) is 18.1. The van der Waals surface area contributed by atoms with Crippen molar-refractivity contribution in [2.75, 3.05) is 6.61 Å². The molecule has 0 unspecified atom stereocenters. The fourth-order valence-corrected chi connectivity index (χ4v) is 7.25. The van der Waals surface area contributed by atoms with Crippen LogP contribution in [-0.2, 0) is 9.59 Å². The van der Waals surface area contributed by atoms with Gasteiger partial charge < -0.3 is 10.2 Å². The Morgan fingerprint density at radius 2 is 2.00 bits per heavy atom. The van der Waals surface area contributed by atoms with Crippen molar-refractivity contribution in [1.29, 1.82) is 0 Å². The maximum atomic E-state index is 12.5. The molecule has 0 heterocycles. The van der Waals surface area contributed by atoms with Gasteiger partial charge in [-0.05, 0) is 67.9 Å². The highest BCUT2D eigenvalue weighted by Crippen LogP contribution is 2.68. The van der Waals surface area contributed by atoms with Gasteiger partial charge in [0.15, 0.2) is 11.6 Å². The average molecular weight is 358 g/mol. The minimum atomic E-state index is -1.42. The Balaban J connectivity index is 1.72. The summed E-state index contributed by atoms with van der Waals surface area (Å²) in [5.74, 6) is 0.707. The largest absolute Gasteiger partial charge is 0.388 e. The van der Waals surface area contributed by atoms with Crippen LogP contribution < -0.4 is 0 Å². The van der Waals surface area contributed by atoms with Crippen molar-refractivity contribution in [2.24, 2.45) is 34.5 Å². The van der Waals surface area contributed by atoms with E-state index in [1.165, 1.54) is 5.57 Å². The molecule has 0 aliphatic heterocycles. The average Bonchev–Trinajstić information content (AvgIpc) is 2.83. The maximum Gasteiger partial charge on any atom is 0.190 e. The summed E-state index contributed by atoms with van der Waals surface area (Å²) in [5.41, 5.74) is -0.725. The first-order chi connectivity index (χ1) is 12.2. The van der Waals surface area contributed by atoms with Crippen LogP contribution in [0.4, 0.5) is 0 Å². The summed E-state index contributed by atoms with van der Waals surface area (Å²) in [5, 5.41) is 20.9. The third kappa shape index (κ3) is 2.03. The van der Waals surface area contributed by atoms with Crippen LogP contribution >= 0.6 is 0 Å². The van der Waals surface area contributed by atoms with Gasteiger partial charge in [-0.3, -0.25) is 9.59 Å². The minimum absolute atomic E-state index is 0.0803. The van der Waals surface area contributed by atoms with Crippen LogP contribution in [0, 0.1) is 34.5 Å². The molecule has 4 aliphatic rings. The highest BCUT2D eigenvalue weighted by Gasteiger charge is 2.68. The summed E-state index contributed by atoms with van der Waals surface area (Å²) in [4.78, 5) is 24.4. The third-order valence-corrected chi connectivity index (χ3v) is 8.71. The van der Waals surface area contributed by atoms with E-state index in [1.807, 2.05) is 13.0 Å². The van der Waals surface area contributed by atoms with Crippen LogP contribution in [0.2, 0.25) is 0 Å². The Kier molecular flexibility index (Phi) is 3.92.